The number of H-pyrrole nitrogens is 1. The Morgan fingerprint density at radius 3 is 2.79 bits per heavy atom. The van der Waals surface area contributed by atoms with Gasteiger partial charge in [-0.1, -0.05) is 31.5 Å². The number of unbranched alkanes of at least 4 members (excludes halogenated alkanes) is 1. The van der Waals surface area contributed by atoms with Crippen LogP contribution < -0.4 is 0 Å². The minimum Gasteiger partial charge on any atom is -0.357 e. The summed E-state index contributed by atoms with van der Waals surface area (Å²) < 4.78 is 1.40. The predicted molar refractivity (Wildman–Crippen MR) is 69.6 cm³/mol. The van der Waals surface area contributed by atoms with E-state index < -0.39 is 0 Å². The monoisotopic (exact) mass is 299 g/mol. The van der Waals surface area contributed by atoms with E-state index in [4.69, 9.17) is 0 Å². The average molecular weight is 299 g/mol. The molecule has 0 aliphatic heterocycles. The van der Waals surface area contributed by atoms with Gasteiger partial charge < -0.3 is 4.98 Å². The molecule has 1 N–H and O–H groups in total. The third kappa shape index (κ3) is 1.80. The van der Waals surface area contributed by atoms with Gasteiger partial charge in [0, 0.05) is 20.2 Å². The van der Waals surface area contributed by atoms with E-state index in [-0.39, 0.29) is 0 Å². The summed E-state index contributed by atoms with van der Waals surface area (Å²) in [4.78, 5) is 3.49. The fourth-order valence-electron chi connectivity index (χ4n) is 1.69. The molecule has 0 spiro atoms. The van der Waals surface area contributed by atoms with Crippen molar-refractivity contribution in [2.45, 2.75) is 26.2 Å². The Morgan fingerprint density at radius 1 is 1.29 bits per heavy atom. The molecule has 2 heteroatoms. The first-order valence-corrected chi connectivity index (χ1v) is 6.16. The number of hydrogen-bond acceptors (Lipinski definition) is 0. The average Bonchev–Trinajstić information content (AvgIpc) is 2.54. The van der Waals surface area contributed by atoms with Gasteiger partial charge in [0.2, 0.25) is 0 Å². The van der Waals surface area contributed by atoms with Crippen LogP contribution in [-0.4, -0.2) is 4.98 Å². The Labute approximate surface area is 98.0 Å². The minimum absolute atomic E-state index is 1.17. The van der Waals surface area contributed by atoms with Crippen molar-refractivity contribution in [1.29, 1.82) is 0 Å². The highest BCUT2D eigenvalue weighted by atomic mass is 127. The van der Waals surface area contributed by atoms with E-state index in [1.807, 2.05) is 0 Å². The summed E-state index contributed by atoms with van der Waals surface area (Å²) in [5.41, 5.74) is 2.66. The van der Waals surface area contributed by atoms with Crippen molar-refractivity contribution < 1.29 is 0 Å². The van der Waals surface area contributed by atoms with Crippen LogP contribution in [0, 0.1) is 3.57 Å². The lowest BCUT2D eigenvalue weighted by Crippen LogP contribution is -1.86. The Balaban J connectivity index is 2.41. The molecule has 1 nitrogen and oxygen atoms in total. The molecule has 0 bridgehead atoms. The SMILES string of the molecule is CCCCc1[nH]c2ccccc2c1I. The molecule has 14 heavy (non-hydrogen) atoms. The zero-order chi connectivity index (χ0) is 9.97. The number of nitrogens with one attached hydrogen (secondary N) is 1. The molecule has 1 heterocycles. The number of rotatable bonds is 3. The maximum absolute atomic E-state index is 3.49. The molecule has 0 aliphatic rings. The lowest BCUT2D eigenvalue weighted by Gasteiger charge is -1.95. The molecule has 1 aromatic heterocycles. The van der Waals surface area contributed by atoms with Gasteiger partial charge in [-0.25, -0.2) is 0 Å². The number of fused-ring (bicyclic) bond motifs is 1. The number of hydrogen-bond donors (Lipinski definition) is 1. The summed E-state index contributed by atoms with van der Waals surface area (Å²) in [5.74, 6) is 0. The lowest BCUT2D eigenvalue weighted by molar-refractivity contribution is 0.780. The second-order valence-corrected chi connectivity index (χ2v) is 4.65. The Bertz CT molecular complexity index is 431. The first-order valence-electron chi connectivity index (χ1n) is 5.08. The third-order valence-electron chi connectivity index (χ3n) is 2.49. The van der Waals surface area contributed by atoms with Crippen LogP contribution in [0.1, 0.15) is 25.5 Å². The van der Waals surface area contributed by atoms with Gasteiger partial charge in [-0.05, 0) is 41.5 Å². The molecule has 0 aliphatic carbocycles. The first kappa shape index (κ1) is 10.0. The standard InChI is InChI=1S/C12H14IN/c1-2-3-7-11-12(13)9-6-4-5-8-10(9)14-11/h4-6,8,14H,2-3,7H2,1H3. The van der Waals surface area contributed by atoms with Crippen molar-refractivity contribution in [3.63, 3.8) is 0 Å². The fraction of sp³-hybridized carbons (Fsp3) is 0.333. The van der Waals surface area contributed by atoms with Crippen molar-refractivity contribution in [2.24, 2.45) is 0 Å². The summed E-state index contributed by atoms with van der Waals surface area (Å²) in [6, 6.07) is 8.51. The number of aryl methyl sites for hydroxylation is 1. The van der Waals surface area contributed by atoms with Crippen LogP contribution in [0.15, 0.2) is 24.3 Å². The normalized spacial score (nSPS) is 11.0. The van der Waals surface area contributed by atoms with E-state index >= 15 is 0 Å². The van der Waals surface area contributed by atoms with Crippen LogP contribution in [0.5, 0.6) is 0 Å². The van der Waals surface area contributed by atoms with Crippen LogP contribution in [0.3, 0.4) is 0 Å². The molecule has 0 saturated heterocycles. The van der Waals surface area contributed by atoms with Crippen molar-refractivity contribution in [3.05, 3.63) is 33.5 Å². The molecule has 2 aromatic rings. The van der Waals surface area contributed by atoms with Gasteiger partial charge in [0.1, 0.15) is 0 Å². The topological polar surface area (TPSA) is 15.8 Å². The Kier molecular flexibility index (Phi) is 3.11. The van der Waals surface area contributed by atoms with Gasteiger partial charge in [-0.15, -0.1) is 0 Å². The lowest BCUT2D eigenvalue weighted by atomic mass is 10.2. The summed E-state index contributed by atoms with van der Waals surface area (Å²) in [7, 11) is 0. The molecule has 0 unspecified atom stereocenters. The quantitative estimate of drug-likeness (QED) is 0.821. The smallest absolute Gasteiger partial charge is 0.0467 e. The van der Waals surface area contributed by atoms with E-state index in [0.29, 0.717) is 0 Å². The molecule has 2 rings (SSSR count). The van der Waals surface area contributed by atoms with Crippen LogP contribution >= 0.6 is 22.6 Å². The second kappa shape index (κ2) is 4.34. The molecular formula is C12H14IN. The molecule has 0 fully saturated rings. The van der Waals surface area contributed by atoms with E-state index in [0.717, 1.165) is 0 Å². The maximum Gasteiger partial charge on any atom is 0.0467 e. The van der Waals surface area contributed by atoms with Gasteiger partial charge in [0.05, 0.1) is 0 Å². The summed E-state index contributed by atoms with van der Waals surface area (Å²) in [6.45, 7) is 2.23. The summed E-state index contributed by atoms with van der Waals surface area (Å²) in [5, 5.41) is 1.36. The van der Waals surface area contributed by atoms with Gasteiger partial charge in [0.15, 0.2) is 0 Å². The van der Waals surface area contributed by atoms with Crippen molar-refractivity contribution >= 4 is 33.5 Å². The summed E-state index contributed by atoms with van der Waals surface area (Å²) in [6.07, 6.45) is 3.69. The number of benzene rings is 1. The maximum atomic E-state index is 3.49. The minimum atomic E-state index is 1.17. The van der Waals surface area contributed by atoms with E-state index in [2.05, 4.69) is 58.8 Å². The van der Waals surface area contributed by atoms with Gasteiger partial charge in [-0.2, -0.15) is 0 Å². The zero-order valence-corrected chi connectivity index (χ0v) is 10.5. The highest BCUT2D eigenvalue weighted by molar-refractivity contribution is 14.1. The van der Waals surface area contributed by atoms with Crippen molar-refractivity contribution in [1.82, 2.24) is 4.98 Å². The number of halogens is 1. The highest BCUT2D eigenvalue weighted by Gasteiger charge is 2.06. The number of aromatic amines is 1. The largest absolute Gasteiger partial charge is 0.357 e. The van der Waals surface area contributed by atoms with Crippen LogP contribution in [0.2, 0.25) is 0 Å². The van der Waals surface area contributed by atoms with E-state index in [1.54, 1.807) is 0 Å². The molecule has 0 atom stereocenters. The number of aromatic nitrogens is 1. The van der Waals surface area contributed by atoms with Crippen LogP contribution in [-0.2, 0) is 6.42 Å². The second-order valence-electron chi connectivity index (χ2n) is 3.57. The fourth-order valence-corrected chi connectivity index (χ4v) is 2.56. The zero-order valence-electron chi connectivity index (χ0n) is 8.31. The van der Waals surface area contributed by atoms with Crippen molar-refractivity contribution in [3.8, 4) is 0 Å². The molecule has 0 saturated carbocycles. The number of para-hydroxylation sites is 1. The molecular weight excluding hydrogens is 285 g/mol. The summed E-state index contributed by atoms with van der Waals surface area (Å²) >= 11 is 2.44. The van der Waals surface area contributed by atoms with Gasteiger partial charge in [-0.3, -0.25) is 0 Å². The predicted octanol–water partition coefficient (Wildman–Crippen LogP) is 4.12. The van der Waals surface area contributed by atoms with Crippen LogP contribution in [0.25, 0.3) is 10.9 Å². The Hall–Kier alpha value is -0.510. The molecule has 0 amide bonds. The molecule has 0 radical (unpaired) electrons. The van der Waals surface area contributed by atoms with Crippen molar-refractivity contribution in [2.75, 3.05) is 0 Å². The highest BCUT2D eigenvalue weighted by Crippen LogP contribution is 2.24. The molecule has 74 valence electrons. The third-order valence-corrected chi connectivity index (χ3v) is 3.73. The molecule has 1 aromatic carbocycles. The van der Waals surface area contributed by atoms with Gasteiger partial charge >= 0.3 is 0 Å². The Morgan fingerprint density at radius 2 is 2.07 bits per heavy atom. The first-order chi connectivity index (χ1) is 6.83. The van der Waals surface area contributed by atoms with Crippen LogP contribution in [0.4, 0.5) is 0 Å². The van der Waals surface area contributed by atoms with Gasteiger partial charge in [0.25, 0.3) is 0 Å². The van der Waals surface area contributed by atoms with E-state index in [1.165, 1.54) is 39.4 Å². The van der Waals surface area contributed by atoms with E-state index in [9.17, 15) is 0 Å².